The van der Waals surface area contributed by atoms with Crippen LogP contribution >= 0.6 is 0 Å². The van der Waals surface area contributed by atoms with Crippen molar-refractivity contribution in [3.8, 4) is 5.75 Å². The number of hydrogen-bond acceptors (Lipinski definition) is 6. The molecular formula is C15H11N3O5. The van der Waals surface area contributed by atoms with Gasteiger partial charge in [-0.25, -0.2) is 4.98 Å². The second-order valence-corrected chi connectivity index (χ2v) is 4.63. The van der Waals surface area contributed by atoms with Crippen LogP contribution in [-0.4, -0.2) is 22.9 Å². The average Bonchev–Trinajstić information content (AvgIpc) is 3.02. The van der Waals surface area contributed by atoms with E-state index >= 15 is 0 Å². The first-order valence-corrected chi connectivity index (χ1v) is 6.55. The van der Waals surface area contributed by atoms with Gasteiger partial charge in [-0.2, -0.15) is 0 Å². The van der Waals surface area contributed by atoms with Crippen molar-refractivity contribution < 1.29 is 18.9 Å². The fourth-order valence-corrected chi connectivity index (χ4v) is 2.09. The summed E-state index contributed by atoms with van der Waals surface area (Å²) in [5, 5.41) is 13.4. The summed E-state index contributed by atoms with van der Waals surface area (Å²) in [7, 11) is 1.37. The van der Waals surface area contributed by atoms with Gasteiger partial charge in [-0.15, -0.1) is 0 Å². The Labute approximate surface area is 129 Å². The highest BCUT2D eigenvalue weighted by atomic mass is 16.6. The molecule has 0 aliphatic carbocycles. The molecule has 2 aromatic carbocycles. The van der Waals surface area contributed by atoms with E-state index in [1.807, 2.05) is 0 Å². The molecule has 0 unspecified atom stereocenters. The molecule has 0 fully saturated rings. The number of nitrogens with zero attached hydrogens (tertiary/aromatic N) is 2. The Bertz CT molecular complexity index is 903. The summed E-state index contributed by atoms with van der Waals surface area (Å²) in [5.74, 6) is -0.183. The number of rotatable bonds is 4. The van der Waals surface area contributed by atoms with Gasteiger partial charge in [0.1, 0.15) is 11.3 Å². The number of amides is 1. The molecule has 1 N–H and O–H groups in total. The van der Waals surface area contributed by atoms with Crippen molar-refractivity contribution in [2.45, 2.75) is 0 Å². The van der Waals surface area contributed by atoms with Gasteiger partial charge in [0.15, 0.2) is 12.0 Å². The summed E-state index contributed by atoms with van der Waals surface area (Å²) in [6.45, 7) is 0. The van der Waals surface area contributed by atoms with E-state index in [2.05, 4.69) is 10.3 Å². The zero-order valence-electron chi connectivity index (χ0n) is 12.0. The van der Waals surface area contributed by atoms with Crippen LogP contribution in [-0.2, 0) is 0 Å². The smallest absolute Gasteiger partial charge is 0.273 e. The molecule has 3 aromatic rings. The minimum atomic E-state index is -0.535. The lowest BCUT2D eigenvalue weighted by Crippen LogP contribution is -2.12. The number of benzene rings is 2. The number of carbonyl (C=O) groups is 1. The maximum absolute atomic E-state index is 12.3. The van der Waals surface area contributed by atoms with Gasteiger partial charge < -0.3 is 14.5 Å². The Morgan fingerprint density at radius 3 is 2.87 bits per heavy atom. The quantitative estimate of drug-likeness (QED) is 0.586. The minimum absolute atomic E-state index is 0.121. The molecule has 1 heterocycles. The number of carbonyl (C=O) groups excluding carboxylic acids is 1. The third-order valence-electron chi connectivity index (χ3n) is 3.24. The molecule has 0 saturated carbocycles. The van der Waals surface area contributed by atoms with Crippen molar-refractivity contribution >= 4 is 28.4 Å². The Kier molecular flexibility index (Phi) is 3.63. The number of nitro benzene ring substituents is 1. The van der Waals surface area contributed by atoms with Gasteiger partial charge in [-0.1, -0.05) is 0 Å². The molecule has 1 aromatic heterocycles. The van der Waals surface area contributed by atoms with Gasteiger partial charge in [0.05, 0.1) is 23.8 Å². The van der Waals surface area contributed by atoms with Crippen molar-refractivity contribution in [3.63, 3.8) is 0 Å². The lowest BCUT2D eigenvalue weighted by atomic mass is 10.2. The molecule has 3 rings (SSSR count). The van der Waals surface area contributed by atoms with Crippen molar-refractivity contribution in [2.24, 2.45) is 0 Å². The molecular weight excluding hydrogens is 302 g/mol. The van der Waals surface area contributed by atoms with Crippen LogP contribution in [0.15, 0.2) is 47.2 Å². The Balaban J connectivity index is 1.88. The van der Waals surface area contributed by atoms with Gasteiger partial charge in [-0.3, -0.25) is 14.9 Å². The van der Waals surface area contributed by atoms with E-state index in [0.717, 1.165) is 0 Å². The van der Waals surface area contributed by atoms with E-state index in [1.54, 1.807) is 18.2 Å². The highest BCUT2D eigenvalue weighted by molar-refractivity contribution is 6.06. The fraction of sp³-hybridized carbons (Fsp3) is 0.0667. The molecule has 0 spiro atoms. The van der Waals surface area contributed by atoms with Crippen LogP contribution in [0.1, 0.15) is 10.4 Å². The van der Waals surface area contributed by atoms with Crippen molar-refractivity contribution in [3.05, 3.63) is 58.5 Å². The lowest BCUT2D eigenvalue weighted by molar-refractivity contribution is -0.384. The Hall–Kier alpha value is -3.42. The van der Waals surface area contributed by atoms with Crippen LogP contribution in [0.5, 0.6) is 5.75 Å². The number of non-ortho nitro benzene ring substituents is 1. The van der Waals surface area contributed by atoms with E-state index in [1.165, 1.54) is 31.7 Å². The van der Waals surface area contributed by atoms with Gasteiger partial charge >= 0.3 is 0 Å². The molecule has 0 atom stereocenters. The first-order valence-electron chi connectivity index (χ1n) is 6.55. The molecule has 0 aliphatic heterocycles. The zero-order valence-corrected chi connectivity index (χ0v) is 12.0. The normalized spacial score (nSPS) is 10.5. The first kappa shape index (κ1) is 14.5. The summed E-state index contributed by atoms with van der Waals surface area (Å²) >= 11 is 0. The Morgan fingerprint density at radius 1 is 1.30 bits per heavy atom. The number of oxazole rings is 1. The van der Waals surface area contributed by atoms with E-state index in [-0.39, 0.29) is 17.3 Å². The first-order chi connectivity index (χ1) is 11.1. The molecule has 8 heteroatoms. The predicted molar refractivity (Wildman–Crippen MR) is 81.6 cm³/mol. The van der Waals surface area contributed by atoms with Crippen LogP contribution in [0, 0.1) is 10.1 Å². The molecule has 0 saturated heterocycles. The van der Waals surface area contributed by atoms with Gasteiger partial charge in [0.2, 0.25) is 0 Å². The molecule has 0 aliphatic rings. The van der Waals surface area contributed by atoms with Crippen LogP contribution in [0.2, 0.25) is 0 Å². The van der Waals surface area contributed by atoms with Crippen molar-refractivity contribution in [1.29, 1.82) is 0 Å². The van der Waals surface area contributed by atoms with Crippen molar-refractivity contribution in [1.82, 2.24) is 4.98 Å². The largest absolute Gasteiger partial charge is 0.494 e. The fourth-order valence-electron chi connectivity index (χ4n) is 2.09. The molecule has 1 amide bonds. The van der Waals surface area contributed by atoms with Crippen LogP contribution < -0.4 is 10.1 Å². The molecule has 0 bridgehead atoms. The number of methoxy groups -OCH3 is 1. The molecule has 0 radical (unpaired) electrons. The third kappa shape index (κ3) is 2.82. The summed E-state index contributed by atoms with van der Waals surface area (Å²) in [6, 6.07) is 8.79. The molecule has 116 valence electrons. The second kappa shape index (κ2) is 5.76. The highest BCUT2D eigenvalue weighted by Gasteiger charge is 2.15. The maximum atomic E-state index is 12.3. The number of nitro groups is 1. The molecule has 23 heavy (non-hydrogen) atoms. The van der Waals surface area contributed by atoms with Crippen molar-refractivity contribution in [2.75, 3.05) is 12.4 Å². The standard InChI is InChI=1S/C15H11N3O5/c1-22-14-7-10(18(20)21)3-4-11(14)17-15(19)9-2-5-13-12(6-9)16-8-23-13/h2-8H,1H3,(H,17,19). The summed E-state index contributed by atoms with van der Waals surface area (Å²) in [6.07, 6.45) is 1.30. The SMILES string of the molecule is COc1cc([N+](=O)[O-])ccc1NC(=O)c1ccc2ocnc2c1. The predicted octanol–water partition coefficient (Wildman–Crippen LogP) is 3.00. The van der Waals surface area contributed by atoms with Crippen LogP contribution in [0.3, 0.4) is 0 Å². The minimum Gasteiger partial charge on any atom is -0.494 e. The lowest BCUT2D eigenvalue weighted by Gasteiger charge is -2.10. The second-order valence-electron chi connectivity index (χ2n) is 4.63. The maximum Gasteiger partial charge on any atom is 0.273 e. The third-order valence-corrected chi connectivity index (χ3v) is 3.24. The summed E-state index contributed by atoms with van der Waals surface area (Å²) < 4.78 is 10.2. The summed E-state index contributed by atoms with van der Waals surface area (Å²) in [5.41, 5.74) is 1.74. The number of hydrogen-bond donors (Lipinski definition) is 1. The van der Waals surface area contributed by atoms with Crippen LogP contribution in [0.4, 0.5) is 11.4 Å². The van der Waals surface area contributed by atoms with E-state index in [0.29, 0.717) is 22.4 Å². The van der Waals surface area contributed by atoms with Gasteiger partial charge in [0.25, 0.3) is 11.6 Å². The number of nitrogens with one attached hydrogen (secondary N) is 1. The van der Waals surface area contributed by atoms with E-state index in [9.17, 15) is 14.9 Å². The van der Waals surface area contributed by atoms with Crippen LogP contribution in [0.25, 0.3) is 11.1 Å². The van der Waals surface area contributed by atoms with E-state index < -0.39 is 4.92 Å². The zero-order chi connectivity index (χ0) is 16.4. The number of ether oxygens (including phenoxy) is 1. The number of aromatic nitrogens is 1. The molecule has 8 nitrogen and oxygen atoms in total. The average molecular weight is 313 g/mol. The number of fused-ring (bicyclic) bond motifs is 1. The summed E-state index contributed by atoms with van der Waals surface area (Å²) in [4.78, 5) is 26.5. The van der Waals surface area contributed by atoms with E-state index in [4.69, 9.17) is 9.15 Å². The topological polar surface area (TPSA) is 108 Å². The highest BCUT2D eigenvalue weighted by Crippen LogP contribution is 2.29. The Morgan fingerprint density at radius 2 is 2.13 bits per heavy atom. The monoisotopic (exact) mass is 313 g/mol. The number of anilines is 1. The van der Waals surface area contributed by atoms with Gasteiger partial charge in [-0.05, 0) is 24.3 Å². The van der Waals surface area contributed by atoms with Gasteiger partial charge in [0, 0.05) is 11.6 Å².